The molecular weight excluding hydrogens is 196 g/mol. The number of thiocarbonyl (C=S) groups is 1. The highest BCUT2D eigenvalue weighted by Crippen LogP contribution is 2.18. The van der Waals surface area contributed by atoms with Gasteiger partial charge in [-0.1, -0.05) is 0 Å². The zero-order chi connectivity index (χ0) is 9.97. The van der Waals surface area contributed by atoms with Gasteiger partial charge in [-0.3, -0.25) is 0 Å². The molecule has 0 aliphatic heterocycles. The number of imidazole rings is 1. The summed E-state index contributed by atoms with van der Waals surface area (Å²) in [5, 5.41) is 7.12. The van der Waals surface area contributed by atoms with Gasteiger partial charge in [-0.2, -0.15) is 0 Å². The third kappa shape index (κ3) is 2.45. The Morgan fingerprint density at radius 2 is 2.50 bits per heavy atom. The first-order valence-electron chi connectivity index (χ1n) is 4.82. The van der Waals surface area contributed by atoms with E-state index in [-0.39, 0.29) is 6.04 Å². The molecule has 1 aliphatic rings. The standard InChI is InChI=1S/C9H14N4S/c1-6(8-10-4-5-11-8)12-9(14)13-7-2-3-7/h4-7H,2-3H2,1H3,(H,10,11)(H2,12,13,14). The number of aromatic nitrogens is 2. The lowest BCUT2D eigenvalue weighted by Crippen LogP contribution is -2.38. The van der Waals surface area contributed by atoms with E-state index in [1.54, 1.807) is 6.20 Å². The van der Waals surface area contributed by atoms with Crippen LogP contribution in [0.5, 0.6) is 0 Å². The van der Waals surface area contributed by atoms with Crippen molar-refractivity contribution in [2.45, 2.75) is 31.8 Å². The van der Waals surface area contributed by atoms with Crippen LogP contribution in [0, 0.1) is 0 Å². The van der Waals surface area contributed by atoms with Crippen molar-refractivity contribution in [3.8, 4) is 0 Å². The van der Waals surface area contributed by atoms with E-state index >= 15 is 0 Å². The van der Waals surface area contributed by atoms with Gasteiger partial charge in [0.2, 0.25) is 0 Å². The average Bonchev–Trinajstić information content (AvgIpc) is 2.80. The quantitative estimate of drug-likeness (QED) is 0.654. The number of hydrogen-bond donors (Lipinski definition) is 3. The Kier molecular flexibility index (Phi) is 2.67. The van der Waals surface area contributed by atoms with E-state index in [2.05, 4.69) is 20.6 Å². The van der Waals surface area contributed by atoms with Crippen molar-refractivity contribution in [3.05, 3.63) is 18.2 Å². The number of nitrogens with zero attached hydrogens (tertiary/aromatic N) is 1. The first-order valence-corrected chi connectivity index (χ1v) is 5.23. The fourth-order valence-electron chi connectivity index (χ4n) is 1.23. The second kappa shape index (κ2) is 3.96. The molecule has 0 bridgehead atoms. The Morgan fingerprint density at radius 1 is 1.71 bits per heavy atom. The molecular formula is C9H14N4S. The van der Waals surface area contributed by atoms with Crippen LogP contribution in [-0.2, 0) is 0 Å². The van der Waals surface area contributed by atoms with Crippen LogP contribution in [-0.4, -0.2) is 21.1 Å². The zero-order valence-electron chi connectivity index (χ0n) is 8.08. The third-order valence-electron chi connectivity index (χ3n) is 2.19. The van der Waals surface area contributed by atoms with E-state index in [1.165, 1.54) is 12.8 Å². The van der Waals surface area contributed by atoms with E-state index in [4.69, 9.17) is 12.2 Å². The normalized spacial score (nSPS) is 17.5. The highest BCUT2D eigenvalue weighted by Gasteiger charge is 2.22. The number of hydrogen-bond acceptors (Lipinski definition) is 2. The van der Waals surface area contributed by atoms with Gasteiger partial charge in [0.15, 0.2) is 5.11 Å². The van der Waals surface area contributed by atoms with Crippen LogP contribution in [0.4, 0.5) is 0 Å². The molecule has 4 nitrogen and oxygen atoms in total. The predicted octanol–water partition coefficient (Wildman–Crippen LogP) is 1.10. The summed E-state index contributed by atoms with van der Waals surface area (Å²) in [5.41, 5.74) is 0. The maximum Gasteiger partial charge on any atom is 0.167 e. The van der Waals surface area contributed by atoms with Crippen molar-refractivity contribution in [1.29, 1.82) is 0 Å². The molecule has 5 heteroatoms. The maximum absolute atomic E-state index is 5.16. The van der Waals surface area contributed by atoms with Crippen molar-refractivity contribution in [1.82, 2.24) is 20.6 Å². The Bertz CT molecular complexity index is 305. The summed E-state index contributed by atoms with van der Waals surface area (Å²) in [6.45, 7) is 2.03. The van der Waals surface area contributed by atoms with E-state index in [0.717, 1.165) is 10.9 Å². The summed E-state index contributed by atoms with van der Waals surface area (Å²) >= 11 is 5.16. The second-order valence-corrected chi connectivity index (χ2v) is 4.00. The molecule has 14 heavy (non-hydrogen) atoms. The van der Waals surface area contributed by atoms with E-state index < -0.39 is 0 Å². The molecule has 2 rings (SSSR count). The highest BCUT2D eigenvalue weighted by molar-refractivity contribution is 7.80. The second-order valence-electron chi connectivity index (χ2n) is 3.59. The Morgan fingerprint density at radius 3 is 3.07 bits per heavy atom. The molecule has 1 unspecified atom stereocenters. The molecule has 0 radical (unpaired) electrons. The first kappa shape index (κ1) is 9.45. The van der Waals surface area contributed by atoms with Gasteiger partial charge in [-0.15, -0.1) is 0 Å². The first-order chi connectivity index (χ1) is 6.75. The fourth-order valence-corrected chi connectivity index (χ4v) is 1.58. The third-order valence-corrected chi connectivity index (χ3v) is 2.43. The zero-order valence-corrected chi connectivity index (χ0v) is 8.90. The summed E-state index contributed by atoms with van der Waals surface area (Å²) < 4.78 is 0. The van der Waals surface area contributed by atoms with Crippen LogP contribution in [0.25, 0.3) is 0 Å². The van der Waals surface area contributed by atoms with Gasteiger partial charge in [0.05, 0.1) is 6.04 Å². The molecule has 1 fully saturated rings. The van der Waals surface area contributed by atoms with E-state index in [1.807, 2.05) is 13.1 Å². The maximum atomic E-state index is 5.16. The summed E-state index contributed by atoms with van der Waals surface area (Å²) in [4.78, 5) is 7.21. The Hall–Kier alpha value is -1.10. The molecule has 1 aromatic rings. The van der Waals surface area contributed by atoms with Gasteiger partial charge in [-0.25, -0.2) is 4.98 Å². The van der Waals surface area contributed by atoms with Gasteiger partial charge < -0.3 is 15.6 Å². The van der Waals surface area contributed by atoms with Crippen LogP contribution in [0.1, 0.15) is 31.6 Å². The minimum Gasteiger partial charge on any atom is -0.360 e. The van der Waals surface area contributed by atoms with Crippen molar-refractivity contribution in [2.24, 2.45) is 0 Å². The lowest BCUT2D eigenvalue weighted by Gasteiger charge is -2.14. The number of rotatable bonds is 3. The summed E-state index contributed by atoms with van der Waals surface area (Å²) in [5.74, 6) is 0.907. The van der Waals surface area contributed by atoms with Gasteiger partial charge in [-0.05, 0) is 32.0 Å². The summed E-state index contributed by atoms with van der Waals surface area (Å²) in [6.07, 6.45) is 6.02. The van der Waals surface area contributed by atoms with Crippen molar-refractivity contribution < 1.29 is 0 Å². The Balaban J connectivity index is 1.81. The van der Waals surface area contributed by atoms with E-state index in [9.17, 15) is 0 Å². The minimum absolute atomic E-state index is 0.128. The molecule has 1 aliphatic carbocycles. The molecule has 1 atom stereocenters. The number of aromatic amines is 1. The van der Waals surface area contributed by atoms with Crippen molar-refractivity contribution in [3.63, 3.8) is 0 Å². The number of H-pyrrole nitrogens is 1. The fraction of sp³-hybridized carbons (Fsp3) is 0.556. The average molecular weight is 210 g/mol. The summed E-state index contributed by atoms with van der Waals surface area (Å²) in [6, 6.07) is 0.725. The van der Waals surface area contributed by atoms with Crippen LogP contribution < -0.4 is 10.6 Å². The van der Waals surface area contributed by atoms with Crippen molar-refractivity contribution >= 4 is 17.3 Å². The topological polar surface area (TPSA) is 52.7 Å². The summed E-state index contributed by atoms with van der Waals surface area (Å²) in [7, 11) is 0. The molecule has 0 saturated heterocycles. The SMILES string of the molecule is CC(NC(=S)NC1CC1)c1ncc[nH]1. The van der Waals surface area contributed by atoms with Crippen LogP contribution >= 0.6 is 12.2 Å². The molecule has 1 saturated carbocycles. The van der Waals surface area contributed by atoms with Crippen LogP contribution in [0.3, 0.4) is 0 Å². The minimum atomic E-state index is 0.128. The monoisotopic (exact) mass is 210 g/mol. The van der Waals surface area contributed by atoms with Crippen LogP contribution in [0.15, 0.2) is 12.4 Å². The smallest absolute Gasteiger partial charge is 0.167 e. The lowest BCUT2D eigenvalue weighted by molar-refractivity contribution is 0.659. The van der Waals surface area contributed by atoms with Gasteiger partial charge in [0.25, 0.3) is 0 Å². The molecule has 0 aromatic carbocycles. The van der Waals surface area contributed by atoms with Gasteiger partial charge in [0.1, 0.15) is 5.82 Å². The van der Waals surface area contributed by atoms with E-state index in [0.29, 0.717) is 6.04 Å². The number of nitrogens with one attached hydrogen (secondary N) is 3. The largest absolute Gasteiger partial charge is 0.360 e. The lowest BCUT2D eigenvalue weighted by atomic mass is 10.3. The Labute approximate surface area is 88.5 Å². The molecule has 3 N–H and O–H groups in total. The van der Waals surface area contributed by atoms with Crippen molar-refractivity contribution in [2.75, 3.05) is 0 Å². The van der Waals surface area contributed by atoms with Gasteiger partial charge >= 0.3 is 0 Å². The highest BCUT2D eigenvalue weighted by atomic mass is 32.1. The molecule has 1 aromatic heterocycles. The molecule has 76 valence electrons. The van der Waals surface area contributed by atoms with Gasteiger partial charge in [0, 0.05) is 18.4 Å². The molecule has 1 heterocycles. The van der Waals surface area contributed by atoms with Crippen LogP contribution in [0.2, 0.25) is 0 Å². The molecule has 0 spiro atoms. The predicted molar refractivity (Wildman–Crippen MR) is 58.9 cm³/mol. The molecule has 0 amide bonds.